The minimum absolute atomic E-state index is 0.0849. The Bertz CT molecular complexity index is 484. The Balaban J connectivity index is 2.34. The first-order valence-electron chi connectivity index (χ1n) is 6.22. The van der Waals surface area contributed by atoms with Crippen molar-refractivity contribution in [2.45, 2.75) is 26.3 Å². The van der Waals surface area contributed by atoms with Gasteiger partial charge in [-0.3, -0.25) is 15.0 Å². The standard InChI is InChI=1S/C14H18N4/c1-3-5-18-14(13-10-16-7-8-17-13)12-4-6-15-9-11(12)2/h4,6-10,14,18H,3,5H2,1-2H3. The molecule has 4 heteroatoms. The molecule has 0 saturated heterocycles. The van der Waals surface area contributed by atoms with E-state index in [2.05, 4.69) is 34.1 Å². The zero-order valence-electron chi connectivity index (χ0n) is 10.8. The molecule has 0 spiro atoms. The van der Waals surface area contributed by atoms with Crippen LogP contribution in [0.4, 0.5) is 0 Å². The van der Waals surface area contributed by atoms with Crippen molar-refractivity contribution in [2.75, 3.05) is 6.54 Å². The minimum atomic E-state index is 0.0849. The van der Waals surface area contributed by atoms with Crippen LogP contribution in [0.2, 0.25) is 0 Å². The Hall–Kier alpha value is -1.81. The maximum Gasteiger partial charge on any atom is 0.0801 e. The van der Waals surface area contributed by atoms with Gasteiger partial charge >= 0.3 is 0 Å². The van der Waals surface area contributed by atoms with E-state index in [-0.39, 0.29) is 6.04 Å². The lowest BCUT2D eigenvalue weighted by atomic mass is 10.0. The fourth-order valence-corrected chi connectivity index (χ4v) is 1.93. The van der Waals surface area contributed by atoms with Crippen LogP contribution in [0.25, 0.3) is 0 Å². The second-order valence-electron chi connectivity index (χ2n) is 4.25. The number of hydrogen-bond acceptors (Lipinski definition) is 4. The van der Waals surface area contributed by atoms with Gasteiger partial charge in [-0.2, -0.15) is 0 Å². The molecule has 1 unspecified atom stereocenters. The summed E-state index contributed by atoms with van der Waals surface area (Å²) in [6, 6.07) is 2.12. The highest BCUT2D eigenvalue weighted by Crippen LogP contribution is 2.22. The molecule has 18 heavy (non-hydrogen) atoms. The van der Waals surface area contributed by atoms with Crippen LogP contribution in [-0.4, -0.2) is 21.5 Å². The summed E-state index contributed by atoms with van der Waals surface area (Å²) in [4.78, 5) is 12.7. The number of rotatable bonds is 5. The molecule has 2 aromatic heterocycles. The van der Waals surface area contributed by atoms with E-state index < -0.39 is 0 Å². The first kappa shape index (κ1) is 12.6. The summed E-state index contributed by atoms with van der Waals surface area (Å²) in [5.41, 5.74) is 3.32. The molecule has 1 N–H and O–H groups in total. The molecule has 94 valence electrons. The van der Waals surface area contributed by atoms with E-state index in [0.717, 1.165) is 24.2 Å². The zero-order valence-corrected chi connectivity index (χ0v) is 10.8. The summed E-state index contributed by atoms with van der Waals surface area (Å²) in [7, 11) is 0. The second-order valence-corrected chi connectivity index (χ2v) is 4.25. The SMILES string of the molecule is CCCNC(c1cnccn1)c1ccncc1C. The first-order valence-corrected chi connectivity index (χ1v) is 6.22. The van der Waals surface area contributed by atoms with Crippen molar-refractivity contribution in [3.63, 3.8) is 0 Å². The van der Waals surface area contributed by atoms with Gasteiger partial charge in [0.1, 0.15) is 0 Å². The summed E-state index contributed by atoms with van der Waals surface area (Å²) in [6.07, 6.45) is 10.0. The van der Waals surface area contributed by atoms with Crippen LogP contribution in [0.1, 0.15) is 36.2 Å². The number of aromatic nitrogens is 3. The molecular formula is C14H18N4. The van der Waals surface area contributed by atoms with Crippen LogP contribution in [-0.2, 0) is 0 Å². The summed E-state index contributed by atoms with van der Waals surface area (Å²) in [6.45, 7) is 5.17. The van der Waals surface area contributed by atoms with Gasteiger partial charge < -0.3 is 5.32 Å². The van der Waals surface area contributed by atoms with Crippen molar-refractivity contribution in [3.05, 3.63) is 53.9 Å². The van der Waals surface area contributed by atoms with Gasteiger partial charge in [-0.15, -0.1) is 0 Å². The van der Waals surface area contributed by atoms with E-state index in [0.29, 0.717) is 0 Å². The van der Waals surface area contributed by atoms with Gasteiger partial charge in [0, 0.05) is 24.8 Å². The fourth-order valence-electron chi connectivity index (χ4n) is 1.93. The van der Waals surface area contributed by atoms with Crippen LogP contribution in [0, 0.1) is 6.92 Å². The predicted molar refractivity (Wildman–Crippen MR) is 71.1 cm³/mol. The van der Waals surface area contributed by atoms with E-state index in [1.807, 2.05) is 24.7 Å². The smallest absolute Gasteiger partial charge is 0.0801 e. The van der Waals surface area contributed by atoms with Crippen molar-refractivity contribution in [1.29, 1.82) is 0 Å². The molecule has 0 aromatic carbocycles. The normalized spacial score (nSPS) is 12.3. The molecule has 0 aliphatic heterocycles. The van der Waals surface area contributed by atoms with Crippen molar-refractivity contribution < 1.29 is 0 Å². The lowest BCUT2D eigenvalue weighted by Gasteiger charge is -2.19. The molecule has 0 saturated carbocycles. The number of nitrogens with zero attached hydrogens (tertiary/aromatic N) is 3. The molecule has 2 rings (SSSR count). The monoisotopic (exact) mass is 242 g/mol. The highest BCUT2D eigenvalue weighted by molar-refractivity contribution is 5.31. The third-order valence-corrected chi connectivity index (χ3v) is 2.85. The van der Waals surface area contributed by atoms with Crippen molar-refractivity contribution >= 4 is 0 Å². The highest BCUT2D eigenvalue weighted by Gasteiger charge is 2.16. The molecule has 4 nitrogen and oxygen atoms in total. The van der Waals surface area contributed by atoms with Gasteiger partial charge in [-0.25, -0.2) is 0 Å². The molecular weight excluding hydrogens is 224 g/mol. The van der Waals surface area contributed by atoms with Gasteiger partial charge in [-0.05, 0) is 37.1 Å². The molecule has 0 aliphatic carbocycles. The third-order valence-electron chi connectivity index (χ3n) is 2.85. The third kappa shape index (κ3) is 2.90. The van der Waals surface area contributed by atoms with Gasteiger partial charge in [0.2, 0.25) is 0 Å². The summed E-state index contributed by atoms with van der Waals surface area (Å²) >= 11 is 0. The molecule has 1 atom stereocenters. The van der Waals surface area contributed by atoms with E-state index in [9.17, 15) is 0 Å². The summed E-state index contributed by atoms with van der Waals surface area (Å²) in [5, 5.41) is 3.51. The number of pyridine rings is 1. The molecule has 2 aromatic rings. The summed E-state index contributed by atoms with van der Waals surface area (Å²) < 4.78 is 0. The van der Waals surface area contributed by atoms with Crippen LogP contribution in [0.3, 0.4) is 0 Å². The van der Waals surface area contributed by atoms with Gasteiger partial charge in [0.15, 0.2) is 0 Å². The quantitative estimate of drug-likeness (QED) is 0.873. The van der Waals surface area contributed by atoms with Gasteiger partial charge in [0.25, 0.3) is 0 Å². The Morgan fingerprint density at radius 3 is 2.67 bits per heavy atom. The van der Waals surface area contributed by atoms with E-state index >= 15 is 0 Å². The zero-order chi connectivity index (χ0) is 12.8. The Morgan fingerprint density at radius 2 is 2.00 bits per heavy atom. The van der Waals surface area contributed by atoms with Crippen LogP contribution in [0.5, 0.6) is 0 Å². The van der Waals surface area contributed by atoms with Crippen LogP contribution in [0.15, 0.2) is 37.1 Å². The molecule has 0 amide bonds. The fraction of sp³-hybridized carbons (Fsp3) is 0.357. The Morgan fingerprint density at radius 1 is 1.17 bits per heavy atom. The topological polar surface area (TPSA) is 50.7 Å². The van der Waals surface area contributed by atoms with Gasteiger partial charge in [0.05, 0.1) is 17.9 Å². The second kappa shape index (κ2) is 6.21. The van der Waals surface area contributed by atoms with Crippen molar-refractivity contribution in [3.8, 4) is 0 Å². The van der Waals surface area contributed by atoms with E-state index in [4.69, 9.17) is 0 Å². The highest BCUT2D eigenvalue weighted by atomic mass is 14.9. The van der Waals surface area contributed by atoms with Gasteiger partial charge in [-0.1, -0.05) is 6.92 Å². The van der Waals surface area contributed by atoms with Crippen molar-refractivity contribution in [2.24, 2.45) is 0 Å². The maximum absolute atomic E-state index is 4.40. The molecule has 0 aliphatic rings. The minimum Gasteiger partial charge on any atom is -0.305 e. The lowest BCUT2D eigenvalue weighted by molar-refractivity contribution is 0.581. The number of aryl methyl sites for hydroxylation is 1. The molecule has 0 fully saturated rings. The van der Waals surface area contributed by atoms with E-state index in [1.54, 1.807) is 12.4 Å². The largest absolute Gasteiger partial charge is 0.305 e. The summed E-state index contributed by atoms with van der Waals surface area (Å²) in [5.74, 6) is 0. The molecule has 2 heterocycles. The van der Waals surface area contributed by atoms with Crippen LogP contribution >= 0.6 is 0 Å². The number of hydrogen-bond donors (Lipinski definition) is 1. The molecule has 0 radical (unpaired) electrons. The maximum atomic E-state index is 4.40. The van der Waals surface area contributed by atoms with Crippen LogP contribution < -0.4 is 5.32 Å². The first-order chi connectivity index (χ1) is 8.83. The average Bonchev–Trinajstić information content (AvgIpc) is 2.42. The Kier molecular flexibility index (Phi) is 4.36. The van der Waals surface area contributed by atoms with E-state index in [1.165, 1.54) is 5.56 Å². The predicted octanol–water partition coefficient (Wildman–Crippen LogP) is 2.27. The average molecular weight is 242 g/mol. The number of nitrogens with one attached hydrogen (secondary N) is 1. The van der Waals surface area contributed by atoms with Crippen molar-refractivity contribution in [1.82, 2.24) is 20.3 Å². The lowest BCUT2D eigenvalue weighted by Crippen LogP contribution is -2.25. The Labute approximate surface area is 108 Å². The molecule has 0 bridgehead atoms.